The first kappa shape index (κ1) is 23.5. The molecule has 0 saturated carbocycles. The lowest BCUT2D eigenvalue weighted by Crippen LogP contribution is -2.42. The highest BCUT2D eigenvalue weighted by atomic mass is 32.2. The van der Waals surface area contributed by atoms with Crippen LogP contribution in [0.1, 0.15) is 25.8 Å². The largest absolute Gasteiger partial charge is 0.338 e. The molecule has 1 aromatic heterocycles. The molecule has 2 aromatic carbocycles. The van der Waals surface area contributed by atoms with Crippen molar-refractivity contribution in [2.75, 3.05) is 23.8 Å². The van der Waals surface area contributed by atoms with Gasteiger partial charge in [-0.05, 0) is 49.6 Å². The van der Waals surface area contributed by atoms with Gasteiger partial charge in [0.1, 0.15) is 0 Å². The number of benzene rings is 2. The Labute approximate surface area is 197 Å². The first-order valence-corrected chi connectivity index (χ1v) is 13.9. The van der Waals surface area contributed by atoms with Gasteiger partial charge < -0.3 is 4.90 Å². The Morgan fingerprint density at radius 3 is 2.52 bits per heavy atom. The summed E-state index contributed by atoms with van der Waals surface area (Å²) in [5.41, 5.74) is 2.25. The monoisotopic (exact) mass is 485 g/mol. The molecule has 7 nitrogen and oxygen atoms in total. The molecule has 1 saturated heterocycles. The first-order chi connectivity index (χ1) is 15.8. The normalized spacial score (nSPS) is 17.3. The van der Waals surface area contributed by atoms with Crippen molar-refractivity contribution in [1.29, 1.82) is 0 Å². The van der Waals surface area contributed by atoms with Crippen LogP contribution in [-0.2, 0) is 21.1 Å². The number of nitrogens with zero attached hydrogens (tertiary/aromatic N) is 3. The number of hydrogen-bond donors (Lipinski definition) is 0. The molecule has 1 unspecified atom stereocenters. The summed E-state index contributed by atoms with van der Waals surface area (Å²) in [6.45, 7) is 4.36. The zero-order valence-electron chi connectivity index (χ0n) is 18.7. The average molecular weight is 486 g/mol. The maximum Gasteiger partial charge on any atom is 0.266 e. The topological polar surface area (TPSA) is 89.3 Å². The Kier molecular flexibility index (Phi) is 6.90. The number of carbonyl (C=O) groups is 1. The molecule has 0 spiro atoms. The molecule has 2 heterocycles. The molecule has 4 rings (SSSR count). The van der Waals surface area contributed by atoms with E-state index in [1.165, 1.54) is 11.8 Å². The van der Waals surface area contributed by atoms with Crippen LogP contribution in [0.25, 0.3) is 16.6 Å². The SMILES string of the molecule is CCc1ccc(-n2c(SCC(=O)N(CC)C3CCS(=O)(=O)C3)nc3ccccc3c2=O)cc1. The van der Waals surface area contributed by atoms with Crippen molar-refractivity contribution >= 4 is 38.4 Å². The second-order valence-electron chi connectivity index (χ2n) is 8.10. The van der Waals surface area contributed by atoms with Crippen molar-refractivity contribution in [2.45, 2.75) is 37.9 Å². The van der Waals surface area contributed by atoms with Crippen LogP contribution in [0.3, 0.4) is 0 Å². The molecule has 1 aliphatic rings. The van der Waals surface area contributed by atoms with Crippen LogP contribution in [0, 0.1) is 0 Å². The second kappa shape index (κ2) is 9.69. The van der Waals surface area contributed by atoms with Gasteiger partial charge in [-0.2, -0.15) is 0 Å². The van der Waals surface area contributed by atoms with Crippen molar-refractivity contribution in [3.8, 4) is 5.69 Å². The maximum atomic E-state index is 13.4. The van der Waals surface area contributed by atoms with E-state index in [1.54, 1.807) is 27.7 Å². The summed E-state index contributed by atoms with van der Waals surface area (Å²) in [5.74, 6) is 0.0518. The third kappa shape index (κ3) is 4.99. The Morgan fingerprint density at radius 2 is 1.88 bits per heavy atom. The van der Waals surface area contributed by atoms with E-state index in [-0.39, 0.29) is 34.8 Å². The van der Waals surface area contributed by atoms with Gasteiger partial charge in [0, 0.05) is 12.6 Å². The van der Waals surface area contributed by atoms with Gasteiger partial charge in [-0.1, -0.05) is 43.0 Å². The summed E-state index contributed by atoms with van der Waals surface area (Å²) in [7, 11) is -3.09. The quantitative estimate of drug-likeness (QED) is 0.377. The Bertz CT molecular complexity index is 1330. The Morgan fingerprint density at radius 1 is 1.15 bits per heavy atom. The number of fused-ring (bicyclic) bond motifs is 1. The maximum absolute atomic E-state index is 13.4. The van der Waals surface area contributed by atoms with E-state index in [1.807, 2.05) is 37.3 Å². The number of para-hydroxylation sites is 1. The van der Waals surface area contributed by atoms with Crippen LogP contribution in [0.5, 0.6) is 0 Å². The van der Waals surface area contributed by atoms with Crippen LogP contribution in [0.2, 0.25) is 0 Å². The molecule has 1 aliphatic heterocycles. The predicted molar refractivity (Wildman–Crippen MR) is 132 cm³/mol. The highest BCUT2D eigenvalue weighted by molar-refractivity contribution is 7.99. The lowest BCUT2D eigenvalue weighted by atomic mass is 10.1. The third-order valence-corrected chi connectivity index (χ3v) is 8.66. The van der Waals surface area contributed by atoms with Crippen LogP contribution < -0.4 is 5.56 Å². The molecule has 3 aromatic rings. The van der Waals surface area contributed by atoms with E-state index in [2.05, 4.69) is 6.92 Å². The van der Waals surface area contributed by atoms with E-state index in [0.717, 1.165) is 12.0 Å². The summed E-state index contributed by atoms with van der Waals surface area (Å²) >= 11 is 1.20. The molecule has 1 amide bonds. The van der Waals surface area contributed by atoms with Gasteiger partial charge in [0.25, 0.3) is 5.56 Å². The van der Waals surface area contributed by atoms with Gasteiger partial charge in [-0.15, -0.1) is 0 Å². The predicted octanol–water partition coefficient (Wildman–Crippen LogP) is 3.08. The van der Waals surface area contributed by atoms with Crippen molar-refractivity contribution in [3.05, 3.63) is 64.4 Å². The Hall–Kier alpha value is -2.65. The zero-order valence-corrected chi connectivity index (χ0v) is 20.4. The fourth-order valence-electron chi connectivity index (χ4n) is 4.19. The van der Waals surface area contributed by atoms with Gasteiger partial charge in [0.15, 0.2) is 15.0 Å². The lowest BCUT2D eigenvalue weighted by Gasteiger charge is -2.26. The molecule has 0 radical (unpaired) electrons. The smallest absolute Gasteiger partial charge is 0.266 e. The number of rotatable bonds is 7. The number of aryl methyl sites for hydroxylation is 1. The van der Waals surface area contributed by atoms with Crippen molar-refractivity contribution < 1.29 is 13.2 Å². The molecule has 0 N–H and O–H groups in total. The molecule has 0 bridgehead atoms. The molecular formula is C24H27N3O4S2. The van der Waals surface area contributed by atoms with Crippen LogP contribution >= 0.6 is 11.8 Å². The number of aromatic nitrogens is 2. The van der Waals surface area contributed by atoms with Crippen molar-refractivity contribution in [1.82, 2.24) is 14.5 Å². The van der Waals surface area contributed by atoms with Gasteiger partial charge in [0.05, 0.1) is 33.8 Å². The minimum Gasteiger partial charge on any atom is -0.338 e. The number of amides is 1. The number of sulfone groups is 1. The molecular weight excluding hydrogens is 458 g/mol. The summed E-state index contributed by atoms with van der Waals surface area (Å²) in [4.78, 5) is 32.7. The average Bonchev–Trinajstić information content (AvgIpc) is 3.17. The third-order valence-electron chi connectivity index (χ3n) is 5.98. The first-order valence-electron chi connectivity index (χ1n) is 11.1. The van der Waals surface area contributed by atoms with E-state index in [0.29, 0.717) is 34.7 Å². The molecule has 9 heteroatoms. The van der Waals surface area contributed by atoms with Gasteiger partial charge in [-0.25, -0.2) is 13.4 Å². The molecule has 33 heavy (non-hydrogen) atoms. The standard InChI is InChI=1S/C24H27N3O4S2/c1-3-17-9-11-18(12-10-17)27-23(29)20-7-5-6-8-21(20)25-24(27)32-15-22(28)26(4-2)19-13-14-33(30,31)16-19/h5-12,19H,3-4,13-16H2,1-2H3. The van der Waals surface area contributed by atoms with Crippen molar-refractivity contribution in [3.63, 3.8) is 0 Å². The van der Waals surface area contributed by atoms with E-state index in [9.17, 15) is 18.0 Å². The van der Waals surface area contributed by atoms with Crippen LogP contribution in [0.15, 0.2) is 58.5 Å². The summed E-state index contributed by atoms with van der Waals surface area (Å²) in [6.07, 6.45) is 1.36. The lowest BCUT2D eigenvalue weighted by molar-refractivity contribution is -0.129. The van der Waals surface area contributed by atoms with Crippen LogP contribution in [-0.4, -0.2) is 58.6 Å². The van der Waals surface area contributed by atoms with Crippen LogP contribution in [0.4, 0.5) is 0 Å². The highest BCUT2D eigenvalue weighted by Crippen LogP contribution is 2.24. The van der Waals surface area contributed by atoms with E-state index < -0.39 is 9.84 Å². The minimum atomic E-state index is -3.09. The second-order valence-corrected chi connectivity index (χ2v) is 11.3. The molecule has 1 fully saturated rings. The molecule has 0 aliphatic carbocycles. The number of thioether (sulfide) groups is 1. The summed E-state index contributed by atoms with van der Waals surface area (Å²) < 4.78 is 25.3. The summed E-state index contributed by atoms with van der Waals surface area (Å²) in [6, 6.07) is 14.6. The van der Waals surface area contributed by atoms with Gasteiger partial charge >= 0.3 is 0 Å². The summed E-state index contributed by atoms with van der Waals surface area (Å²) in [5, 5.41) is 0.950. The minimum absolute atomic E-state index is 0.0138. The number of hydrogen-bond acceptors (Lipinski definition) is 6. The van der Waals surface area contributed by atoms with Crippen molar-refractivity contribution in [2.24, 2.45) is 0 Å². The van der Waals surface area contributed by atoms with E-state index in [4.69, 9.17) is 4.98 Å². The number of carbonyl (C=O) groups excluding carboxylic acids is 1. The fraction of sp³-hybridized carbons (Fsp3) is 0.375. The molecule has 174 valence electrons. The van der Waals surface area contributed by atoms with Gasteiger partial charge in [0.2, 0.25) is 5.91 Å². The fourth-order valence-corrected chi connectivity index (χ4v) is 6.82. The van der Waals surface area contributed by atoms with Gasteiger partial charge in [-0.3, -0.25) is 14.2 Å². The zero-order chi connectivity index (χ0) is 23.6. The Balaban J connectivity index is 1.66. The van der Waals surface area contributed by atoms with E-state index >= 15 is 0 Å². The highest BCUT2D eigenvalue weighted by Gasteiger charge is 2.34. The molecule has 1 atom stereocenters.